The molecule has 0 aliphatic heterocycles. The molecule has 1 aromatic carbocycles. The molecule has 84 valence electrons. The molecule has 4 nitrogen and oxygen atoms in total. The molecule has 0 spiro atoms. The highest BCUT2D eigenvalue weighted by atomic mass is 32.2. The standard InChI is InChI=1S/C11H13N3OS/c1-8-13-11(14-15-8)7-16-10-4-2-9(6-12)3-5-10/h2-5H,6-7,12H2,1H3. The second-order valence-corrected chi connectivity index (χ2v) is 4.42. The van der Waals surface area contributed by atoms with Gasteiger partial charge in [0.05, 0.1) is 5.75 Å². The lowest BCUT2D eigenvalue weighted by Gasteiger charge is -2.00. The van der Waals surface area contributed by atoms with Crippen molar-refractivity contribution in [2.75, 3.05) is 0 Å². The van der Waals surface area contributed by atoms with Crippen LogP contribution in [0, 0.1) is 6.92 Å². The van der Waals surface area contributed by atoms with Crippen LogP contribution in [-0.2, 0) is 12.3 Å². The van der Waals surface area contributed by atoms with Crippen molar-refractivity contribution in [1.29, 1.82) is 0 Å². The van der Waals surface area contributed by atoms with Crippen molar-refractivity contribution in [1.82, 2.24) is 10.1 Å². The molecule has 0 amide bonds. The summed E-state index contributed by atoms with van der Waals surface area (Å²) in [6.07, 6.45) is 0. The van der Waals surface area contributed by atoms with E-state index in [1.54, 1.807) is 18.7 Å². The lowest BCUT2D eigenvalue weighted by atomic mass is 10.2. The fourth-order valence-electron chi connectivity index (χ4n) is 1.27. The first kappa shape index (κ1) is 11.2. The van der Waals surface area contributed by atoms with Crippen molar-refractivity contribution in [3.63, 3.8) is 0 Å². The minimum Gasteiger partial charge on any atom is -0.340 e. The predicted molar refractivity (Wildman–Crippen MR) is 62.9 cm³/mol. The van der Waals surface area contributed by atoms with E-state index >= 15 is 0 Å². The van der Waals surface area contributed by atoms with Crippen molar-refractivity contribution in [2.45, 2.75) is 24.1 Å². The summed E-state index contributed by atoms with van der Waals surface area (Å²) in [5.74, 6) is 2.05. The maximum Gasteiger partial charge on any atom is 0.223 e. The van der Waals surface area contributed by atoms with E-state index in [9.17, 15) is 0 Å². The van der Waals surface area contributed by atoms with E-state index in [-0.39, 0.29) is 0 Å². The molecule has 0 radical (unpaired) electrons. The predicted octanol–water partition coefficient (Wildman–Crippen LogP) is 2.13. The number of aryl methyl sites for hydroxylation is 1. The zero-order valence-corrected chi connectivity index (χ0v) is 9.83. The largest absolute Gasteiger partial charge is 0.340 e. The summed E-state index contributed by atoms with van der Waals surface area (Å²) >= 11 is 1.68. The lowest BCUT2D eigenvalue weighted by Crippen LogP contribution is -1.95. The van der Waals surface area contributed by atoms with Gasteiger partial charge in [-0.1, -0.05) is 17.3 Å². The third-order valence-corrected chi connectivity index (χ3v) is 3.10. The van der Waals surface area contributed by atoms with Crippen LogP contribution < -0.4 is 5.73 Å². The zero-order chi connectivity index (χ0) is 11.4. The second kappa shape index (κ2) is 5.14. The molecule has 2 rings (SSSR count). The fourth-order valence-corrected chi connectivity index (χ4v) is 2.01. The van der Waals surface area contributed by atoms with Crippen LogP contribution in [0.5, 0.6) is 0 Å². The third kappa shape index (κ3) is 2.84. The maximum absolute atomic E-state index is 5.53. The summed E-state index contributed by atoms with van der Waals surface area (Å²) in [4.78, 5) is 5.32. The van der Waals surface area contributed by atoms with Crippen LogP contribution >= 0.6 is 11.8 Å². The molecule has 0 saturated heterocycles. The van der Waals surface area contributed by atoms with Gasteiger partial charge in [-0.05, 0) is 17.7 Å². The van der Waals surface area contributed by atoms with E-state index in [1.807, 2.05) is 12.1 Å². The van der Waals surface area contributed by atoms with E-state index in [2.05, 4.69) is 22.3 Å². The van der Waals surface area contributed by atoms with Crippen LogP contribution in [0.2, 0.25) is 0 Å². The Morgan fingerprint density at radius 2 is 2.06 bits per heavy atom. The van der Waals surface area contributed by atoms with Crippen molar-refractivity contribution in [2.24, 2.45) is 5.73 Å². The zero-order valence-electron chi connectivity index (χ0n) is 9.01. The van der Waals surface area contributed by atoms with Crippen molar-refractivity contribution < 1.29 is 4.52 Å². The first-order valence-electron chi connectivity index (χ1n) is 4.99. The molecule has 1 aromatic heterocycles. The Balaban J connectivity index is 1.94. The van der Waals surface area contributed by atoms with Crippen LogP contribution in [-0.4, -0.2) is 10.1 Å². The van der Waals surface area contributed by atoms with Crippen molar-refractivity contribution >= 4 is 11.8 Å². The number of nitrogens with two attached hydrogens (primary N) is 1. The van der Waals surface area contributed by atoms with Gasteiger partial charge < -0.3 is 10.3 Å². The molecule has 0 aliphatic rings. The molecule has 2 N–H and O–H groups in total. The average Bonchev–Trinajstić information content (AvgIpc) is 2.73. The Kier molecular flexibility index (Phi) is 3.58. The fraction of sp³-hybridized carbons (Fsp3) is 0.273. The first-order valence-corrected chi connectivity index (χ1v) is 5.97. The summed E-state index contributed by atoms with van der Waals surface area (Å²) in [5, 5.41) is 3.84. The van der Waals surface area contributed by atoms with Crippen LogP contribution in [0.1, 0.15) is 17.3 Å². The van der Waals surface area contributed by atoms with Crippen molar-refractivity contribution in [3.05, 3.63) is 41.5 Å². The summed E-state index contributed by atoms with van der Waals surface area (Å²) in [6.45, 7) is 2.37. The number of benzene rings is 1. The molecule has 0 unspecified atom stereocenters. The van der Waals surface area contributed by atoms with E-state index in [0.29, 0.717) is 12.4 Å². The van der Waals surface area contributed by atoms with Gasteiger partial charge in [0.25, 0.3) is 0 Å². The van der Waals surface area contributed by atoms with E-state index in [0.717, 1.165) is 17.1 Å². The topological polar surface area (TPSA) is 64.9 Å². The number of rotatable bonds is 4. The summed E-state index contributed by atoms with van der Waals surface area (Å²) in [5.41, 5.74) is 6.67. The molecular formula is C11H13N3OS. The molecular weight excluding hydrogens is 222 g/mol. The smallest absolute Gasteiger partial charge is 0.223 e. The Hall–Kier alpha value is -1.33. The molecule has 1 heterocycles. The minimum absolute atomic E-state index is 0.578. The normalized spacial score (nSPS) is 10.6. The highest BCUT2D eigenvalue weighted by Crippen LogP contribution is 2.21. The second-order valence-electron chi connectivity index (χ2n) is 3.37. The SMILES string of the molecule is Cc1nc(CSc2ccc(CN)cc2)no1. The molecule has 0 aliphatic carbocycles. The van der Waals surface area contributed by atoms with Crippen LogP contribution in [0.25, 0.3) is 0 Å². The third-order valence-electron chi connectivity index (χ3n) is 2.10. The number of hydrogen-bond acceptors (Lipinski definition) is 5. The summed E-state index contributed by atoms with van der Waals surface area (Å²) < 4.78 is 4.90. The van der Waals surface area contributed by atoms with Gasteiger partial charge in [-0.25, -0.2) is 0 Å². The van der Waals surface area contributed by atoms with E-state index in [1.165, 1.54) is 4.90 Å². The van der Waals surface area contributed by atoms with Gasteiger partial charge in [-0.3, -0.25) is 0 Å². The molecule has 0 saturated carbocycles. The van der Waals surface area contributed by atoms with Gasteiger partial charge in [-0.15, -0.1) is 11.8 Å². The highest BCUT2D eigenvalue weighted by Gasteiger charge is 2.02. The van der Waals surface area contributed by atoms with Gasteiger partial charge in [0.15, 0.2) is 5.82 Å². The molecule has 2 aromatic rings. The summed E-state index contributed by atoms with van der Waals surface area (Å²) in [7, 11) is 0. The van der Waals surface area contributed by atoms with Crippen LogP contribution in [0.3, 0.4) is 0 Å². The average molecular weight is 235 g/mol. The molecule has 5 heteroatoms. The molecule has 0 fully saturated rings. The van der Waals surface area contributed by atoms with Crippen LogP contribution in [0.4, 0.5) is 0 Å². The number of thioether (sulfide) groups is 1. The minimum atomic E-state index is 0.578. The molecule has 16 heavy (non-hydrogen) atoms. The Labute approximate surface area is 98.2 Å². The van der Waals surface area contributed by atoms with Gasteiger partial charge in [0, 0.05) is 18.4 Å². The number of hydrogen-bond donors (Lipinski definition) is 1. The van der Waals surface area contributed by atoms with Crippen LogP contribution in [0.15, 0.2) is 33.7 Å². The Morgan fingerprint density at radius 1 is 1.31 bits per heavy atom. The lowest BCUT2D eigenvalue weighted by molar-refractivity contribution is 0.389. The highest BCUT2D eigenvalue weighted by molar-refractivity contribution is 7.98. The van der Waals surface area contributed by atoms with Gasteiger partial charge >= 0.3 is 0 Å². The first-order chi connectivity index (χ1) is 7.78. The van der Waals surface area contributed by atoms with Gasteiger partial charge in [0.2, 0.25) is 5.89 Å². The number of aromatic nitrogens is 2. The molecule has 0 atom stereocenters. The van der Waals surface area contributed by atoms with E-state index < -0.39 is 0 Å². The Morgan fingerprint density at radius 3 is 2.62 bits per heavy atom. The van der Waals surface area contributed by atoms with E-state index in [4.69, 9.17) is 10.3 Å². The van der Waals surface area contributed by atoms with Crippen molar-refractivity contribution in [3.8, 4) is 0 Å². The number of nitrogens with zero attached hydrogens (tertiary/aromatic N) is 2. The molecule has 0 bridgehead atoms. The summed E-state index contributed by atoms with van der Waals surface area (Å²) in [6, 6.07) is 8.17. The monoisotopic (exact) mass is 235 g/mol. The quantitative estimate of drug-likeness (QED) is 0.822. The van der Waals surface area contributed by atoms with Gasteiger partial charge in [0.1, 0.15) is 0 Å². The van der Waals surface area contributed by atoms with Gasteiger partial charge in [-0.2, -0.15) is 4.98 Å². The Bertz CT molecular complexity index is 453. The maximum atomic E-state index is 5.53.